The van der Waals surface area contributed by atoms with Crippen molar-refractivity contribution in [3.05, 3.63) is 185 Å². The molecule has 0 aliphatic rings. The molecule has 8 rings (SSSR count). The summed E-state index contributed by atoms with van der Waals surface area (Å²) < 4.78 is 67.3. The van der Waals surface area contributed by atoms with Crippen LogP contribution in [0.2, 0.25) is 10.0 Å². The van der Waals surface area contributed by atoms with Gasteiger partial charge < -0.3 is 14.8 Å². The number of fused-ring (bicyclic) bond motifs is 2. The first-order valence-corrected chi connectivity index (χ1v) is 23.2. The summed E-state index contributed by atoms with van der Waals surface area (Å²) in [6, 6.07) is 30.4. The predicted molar refractivity (Wildman–Crippen MR) is 251 cm³/mol. The van der Waals surface area contributed by atoms with Gasteiger partial charge in [0, 0.05) is 17.8 Å². The highest BCUT2D eigenvalue weighted by Gasteiger charge is 2.32. The SMILES string of the molecule is COc1ccc(NC(=O)Cn2c(=O)c3cc(OC)ccc3n2S(=O)(=O)c2ccc(C)cc2)cc1.Cc1ccc(S(=O)(=O)n2c3ccc([N+](=O)[O-])cc3c(=O)n2C(=O)c2c(Cl)cccc2Cl)cc1. The van der Waals surface area contributed by atoms with Crippen molar-refractivity contribution in [1.29, 1.82) is 0 Å². The number of rotatable bonds is 11. The Morgan fingerprint density at radius 3 is 1.69 bits per heavy atom. The average Bonchev–Trinajstić information content (AvgIpc) is 3.76. The van der Waals surface area contributed by atoms with Crippen molar-refractivity contribution in [1.82, 2.24) is 17.5 Å². The number of nitrogens with one attached hydrogen (secondary N) is 1. The summed E-state index contributed by atoms with van der Waals surface area (Å²) in [6.07, 6.45) is 0. The zero-order valence-corrected chi connectivity index (χ0v) is 38.7. The van der Waals surface area contributed by atoms with Crippen LogP contribution in [-0.4, -0.2) is 65.3 Å². The Hall–Kier alpha value is -7.52. The highest BCUT2D eigenvalue weighted by atomic mass is 35.5. The van der Waals surface area contributed by atoms with Crippen LogP contribution in [-0.2, 0) is 31.4 Å². The van der Waals surface area contributed by atoms with Crippen molar-refractivity contribution in [2.24, 2.45) is 0 Å². The Balaban J connectivity index is 0.000000199. The van der Waals surface area contributed by atoms with E-state index in [-0.39, 0.29) is 47.2 Å². The van der Waals surface area contributed by atoms with Gasteiger partial charge in [0.25, 0.3) is 42.8 Å². The average molecular weight is 988 g/mol. The van der Waals surface area contributed by atoms with Crippen molar-refractivity contribution < 1.29 is 40.8 Å². The molecule has 0 spiro atoms. The lowest BCUT2D eigenvalue weighted by atomic mass is 10.2. The zero-order chi connectivity index (χ0) is 48.5. The molecule has 0 unspecified atom stereocenters. The molecular weight excluding hydrogens is 952 g/mol. The molecule has 6 aromatic carbocycles. The van der Waals surface area contributed by atoms with Crippen LogP contribution in [0.1, 0.15) is 21.5 Å². The number of aromatic nitrogens is 4. The summed E-state index contributed by atoms with van der Waals surface area (Å²) in [5, 5.41) is 13.5. The molecule has 8 aromatic rings. The van der Waals surface area contributed by atoms with Crippen LogP contribution in [0, 0.1) is 24.0 Å². The van der Waals surface area contributed by atoms with E-state index in [0.717, 1.165) is 38.1 Å². The van der Waals surface area contributed by atoms with Crippen LogP contribution in [0.3, 0.4) is 0 Å². The third kappa shape index (κ3) is 9.19. The minimum Gasteiger partial charge on any atom is -0.497 e. The van der Waals surface area contributed by atoms with E-state index in [1.54, 1.807) is 61.5 Å². The maximum absolute atomic E-state index is 13.6. The molecule has 344 valence electrons. The summed E-state index contributed by atoms with van der Waals surface area (Å²) in [6.45, 7) is 3.08. The predicted octanol–water partition coefficient (Wildman–Crippen LogP) is 7.26. The van der Waals surface area contributed by atoms with Gasteiger partial charge in [0.05, 0.1) is 66.3 Å². The number of ether oxygens (including phenoxy) is 2. The van der Waals surface area contributed by atoms with E-state index >= 15 is 0 Å². The molecule has 0 aliphatic carbocycles. The lowest BCUT2D eigenvalue weighted by molar-refractivity contribution is -0.384. The number of nitrogens with zero attached hydrogens (tertiary/aromatic N) is 5. The van der Waals surface area contributed by atoms with E-state index < -0.39 is 60.1 Å². The maximum atomic E-state index is 13.6. The number of methoxy groups -OCH3 is 2. The van der Waals surface area contributed by atoms with Gasteiger partial charge >= 0.3 is 0 Å². The van der Waals surface area contributed by atoms with E-state index in [1.165, 1.54) is 68.8 Å². The van der Waals surface area contributed by atoms with Crippen LogP contribution < -0.4 is 25.9 Å². The van der Waals surface area contributed by atoms with E-state index in [0.29, 0.717) is 26.0 Å². The first-order valence-electron chi connectivity index (χ1n) is 19.6. The van der Waals surface area contributed by atoms with Gasteiger partial charge in [-0.15, -0.1) is 0 Å². The number of carbonyl (C=O) groups excluding carboxylic acids is 2. The van der Waals surface area contributed by atoms with Gasteiger partial charge in [-0.2, -0.15) is 29.7 Å². The van der Waals surface area contributed by atoms with Gasteiger partial charge in [0.2, 0.25) is 5.91 Å². The largest absolute Gasteiger partial charge is 0.497 e. The molecule has 1 N–H and O–H groups in total. The number of carbonyl (C=O) groups is 2. The van der Waals surface area contributed by atoms with Crippen molar-refractivity contribution in [2.45, 2.75) is 30.2 Å². The van der Waals surface area contributed by atoms with Crippen molar-refractivity contribution in [3.8, 4) is 11.5 Å². The topological polar surface area (TPSA) is 230 Å². The third-order valence-electron chi connectivity index (χ3n) is 10.2. The number of hydrogen-bond acceptors (Lipinski definition) is 12. The quantitative estimate of drug-likeness (QED) is 0.0998. The van der Waals surface area contributed by atoms with Crippen LogP contribution in [0.5, 0.6) is 11.5 Å². The van der Waals surface area contributed by atoms with Crippen LogP contribution in [0.25, 0.3) is 21.8 Å². The third-order valence-corrected chi connectivity index (χ3v) is 14.3. The van der Waals surface area contributed by atoms with Gasteiger partial charge in [-0.3, -0.25) is 29.3 Å². The highest BCUT2D eigenvalue weighted by Crippen LogP contribution is 2.29. The first kappa shape index (κ1) is 47.4. The number of amides is 1. The fourth-order valence-electron chi connectivity index (χ4n) is 6.86. The number of anilines is 1. The molecule has 67 heavy (non-hydrogen) atoms. The van der Waals surface area contributed by atoms with Crippen LogP contribution >= 0.6 is 23.2 Å². The summed E-state index contributed by atoms with van der Waals surface area (Å²) in [5.74, 6) is -0.663. The van der Waals surface area contributed by atoms with E-state index in [4.69, 9.17) is 32.7 Å². The molecular formula is C45H36Cl2N6O12S2. The number of benzene rings is 6. The van der Waals surface area contributed by atoms with Gasteiger partial charge in [-0.05, 0) is 98.8 Å². The number of aryl methyl sites for hydroxylation is 2. The number of non-ortho nitro benzene ring substituents is 1. The molecule has 2 heterocycles. The summed E-state index contributed by atoms with van der Waals surface area (Å²) in [4.78, 5) is 63.0. The van der Waals surface area contributed by atoms with Crippen LogP contribution in [0.4, 0.5) is 11.4 Å². The highest BCUT2D eigenvalue weighted by molar-refractivity contribution is 7.90. The first-order chi connectivity index (χ1) is 31.8. The van der Waals surface area contributed by atoms with Crippen LogP contribution in [0.15, 0.2) is 147 Å². The number of hydrogen-bond donors (Lipinski definition) is 1. The Labute approximate surface area is 390 Å². The fraction of sp³-hybridized carbons (Fsp3) is 0.111. The monoisotopic (exact) mass is 986 g/mol. The summed E-state index contributed by atoms with van der Waals surface area (Å²) >= 11 is 12.2. The minimum absolute atomic E-state index is 0.00451. The second-order valence-corrected chi connectivity index (χ2v) is 19.0. The Morgan fingerprint density at radius 2 is 1.15 bits per heavy atom. The molecule has 22 heteroatoms. The standard InChI is InChI=1S/C24H23N3O6S.C21H13Cl2N3O6S/c1-16-4-11-20(12-5-16)34(30,31)27-22-13-10-19(33-3)14-21(22)24(29)26(27)15-23(28)25-17-6-8-18(32-2)9-7-17;1-12-5-8-14(9-6-12)33(31,32)25-18-10-7-13(26(29)30)11-15(18)20(27)24(25)21(28)19-16(22)3-2-4-17(19)23/h4-14H,15H2,1-3H3,(H,25,28);2-11H,1H3. The van der Waals surface area contributed by atoms with Gasteiger partial charge in [-0.25, -0.2) is 4.68 Å². The molecule has 2 aromatic heterocycles. The molecule has 0 fully saturated rings. The normalized spacial score (nSPS) is 11.5. The van der Waals surface area contributed by atoms with Crippen molar-refractivity contribution in [3.63, 3.8) is 0 Å². The lowest BCUT2D eigenvalue weighted by Crippen LogP contribution is -2.34. The van der Waals surface area contributed by atoms with E-state index in [1.807, 2.05) is 6.92 Å². The van der Waals surface area contributed by atoms with Gasteiger partial charge in [-0.1, -0.05) is 64.7 Å². The van der Waals surface area contributed by atoms with Gasteiger partial charge in [0.1, 0.15) is 18.0 Å². The van der Waals surface area contributed by atoms with Gasteiger partial charge in [0.15, 0.2) is 0 Å². The molecule has 0 saturated carbocycles. The second kappa shape index (κ2) is 18.8. The molecule has 0 saturated heterocycles. The molecule has 0 atom stereocenters. The number of nitro benzene ring substituents is 1. The summed E-state index contributed by atoms with van der Waals surface area (Å²) in [5.41, 5.74) is -0.369. The minimum atomic E-state index is -4.50. The molecule has 0 radical (unpaired) electrons. The van der Waals surface area contributed by atoms with E-state index in [2.05, 4.69) is 5.32 Å². The lowest BCUT2D eigenvalue weighted by Gasteiger charge is -2.14. The smallest absolute Gasteiger partial charge is 0.283 e. The fourth-order valence-corrected chi connectivity index (χ4v) is 10.4. The molecule has 18 nitrogen and oxygen atoms in total. The molecule has 0 aliphatic heterocycles. The number of nitro groups is 1. The Morgan fingerprint density at radius 1 is 0.657 bits per heavy atom. The van der Waals surface area contributed by atoms with Crippen molar-refractivity contribution in [2.75, 3.05) is 19.5 Å². The zero-order valence-electron chi connectivity index (χ0n) is 35.5. The second-order valence-electron chi connectivity index (χ2n) is 14.6. The molecule has 0 bridgehead atoms. The number of halogens is 2. The molecule has 1 amide bonds. The Bertz CT molecular complexity index is 3600. The maximum Gasteiger partial charge on any atom is 0.283 e. The van der Waals surface area contributed by atoms with E-state index in [9.17, 15) is 46.1 Å². The summed E-state index contributed by atoms with van der Waals surface area (Å²) in [7, 11) is -5.72. The van der Waals surface area contributed by atoms with Crippen molar-refractivity contribution >= 4 is 88.2 Å². The Kier molecular flexibility index (Phi) is 13.3.